The van der Waals surface area contributed by atoms with Gasteiger partial charge >= 0.3 is 6.16 Å². The van der Waals surface area contributed by atoms with Gasteiger partial charge in [-0.3, -0.25) is 0 Å². The van der Waals surface area contributed by atoms with E-state index < -0.39 is 6.16 Å². The number of carbonyl (C=O) groups is 1. The van der Waals surface area contributed by atoms with Gasteiger partial charge in [0.15, 0.2) is 11.5 Å². The maximum atomic E-state index is 10.8. The van der Waals surface area contributed by atoms with Gasteiger partial charge in [-0.1, -0.05) is 19.8 Å². The first-order chi connectivity index (χ1) is 9.40. The van der Waals surface area contributed by atoms with Crippen LogP contribution in [0, 0.1) is 20.8 Å². The molecule has 0 spiro atoms. The SMILES string of the molecule is CCCCCOc1c(C)c(C)c(C)c(O)c1OC(=O)O. The Balaban J connectivity index is 3.13. The molecule has 0 aliphatic carbocycles. The van der Waals surface area contributed by atoms with Crippen LogP contribution in [0.3, 0.4) is 0 Å². The van der Waals surface area contributed by atoms with Gasteiger partial charge in [0.1, 0.15) is 0 Å². The molecule has 0 amide bonds. The quantitative estimate of drug-likeness (QED) is 0.469. The highest BCUT2D eigenvalue weighted by molar-refractivity contribution is 5.69. The van der Waals surface area contributed by atoms with E-state index in [4.69, 9.17) is 14.6 Å². The second-order valence-corrected chi connectivity index (χ2v) is 4.81. The number of carboxylic acid groups (broad SMARTS) is 1. The van der Waals surface area contributed by atoms with Gasteiger partial charge in [0, 0.05) is 0 Å². The molecule has 0 saturated heterocycles. The molecule has 0 saturated carbocycles. The normalized spacial score (nSPS) is 10.4. The molecule has 0 atom stereocenters. The number of rotatable bonds is 6. The van der Waals surface area contributed by atoms with E-state index in [0.717, 1.165) is 30.4 Å². The first-order valence-corrected chi connectivity index (χ1v) is 6.76. The molecule has 0 radical (unpaired) electrons. The van der Waals surface area contributed by atoms with Crippen molar-refractivity contribution >= 4 is 6.16 Å². The fourth-order valence-corrected chi connectivity index (χ4v) is 1.96. The van der Waals surface area contributed by atoms with Crippen LogP contribution in [0.25, 0.3) is 0 Å². The molecule has 1 rings (SSSR count). The fourth-order valence-electron chi connectivity index (χ4n) is 1.96. The molecule has 0 bridgehead atoms. The summed E-state index contributed by atoms with van der Waals surface area (Å²) in [6.07, 6.45) is 1.50. The summed E-state index contributed by atoms with van der Waals surface area (Å²) in [6.45, 7) is 7.95. The Bertz CT molecular complexity index is 494. The van der Waals surface area contributed by atoms with Crippen LogP contribution in [0.1, 0.15) is 42.9 Å². The maximum Gasteiger partial charge on any atom is 0.511 e. The minimum absolute atomic E-state index is 0.116. The summed E-state index contributed by atoms with van der Waals surface area (Å²) < 4.78 is 10.3. The Kier molecular flexibility index (Phi) is 5.67. The molecule has 0 aliphatic heterocycles. The van der Waals surface area contributed by atoms with Crippen molar-refractivity contribution < 1.29 is 24.5 Å². The Morgan fingerprint density at radius 1 is 1.05 bits per heavy atom. The number of phenolic OH excluding ortho intramolecular Hbond substituents is 1. The van der Waals surface area contributed by atoms with Gasteiger partial charge < -0.3 is 19.7 Å². The minimum atomic E-state index is -1.47. The van der Waals surface area contributed by atoms with E-state index in [1.807, 2.05) is 13.8 Å². The van der Waals surface area contributed by atoms with E-state index in [0.29, 0.717) is 17.9 Å². The van der Waals surface area contributed by atoms with Gasteiger partial charge in [0.2, 0.25) is 5.75 Å². The van der Waals surface area contributed by atoms with Crippen LogP contribution >= 0.6 is 0 Å². The number of unbranched alkanes of at least 4 members (excludes halogenated alkanes) is 2. The largest absolute Gasteiger partial charge is 0.511 e. The molecule has 0 unspecified atom stereocenters. The summed E-state index contributed by atoms with van der Waals surface area (Å²) in [7, 11) is 0. The third-order valence-corrected chi connectivity index (χ3v) is 3.43. The van der Waals surface area contributed by atoms with E-state index in [9.17, 15) is 9.90 Å². The average Bonchev–Trinajstić information content (AvgIpc) is 2.41. The molecular formula is C15H22O5. The lowest BCUT2D eigenvalue weighted by atomic mass is 10.0. The zero-order valence-electron chi connectivity index (χ0n) is 12.4. The average molecular weight is 282 g/mol. The third-order valence-electron chi connectivity index (χ3n) is 3.43. The van der Waals surface area contributed by atoms with E-state index in [2.05, 4.69) is 6.92 Å². The zero-order valence-corrected chi connectivity index (χ0v) is 12.4. The molecule has 5 heteroatoms. The number of ether oxygens (including phenoxy) is 2. The molecule has 1 aromatic rings. The van der Waals surface area contributed by atoms with Gasteiger partial charge in [-0.25, -0.2) is 4.79 Å². The number of benzene rings is 1. The van der Waals surface area contributed by atoms with Gasteiger partial charge in [-0.15, -0.1) is 0 Å². The summed E-state index contributed by atoms with van der Waals surface area (Å²) in [4.78, 5) is 10.8. The highest BCUT2D eigenvalue weighted by atomic mass is 16.7. The van der Waals surface area contributed by atoms with Crippen LogP contribution in [0.15, 0.2) is 0 Å². The Hall–Kier alpha value is -1.91. The lowest BCUT2D eigenvalue weighted by molar-refractivity contribution is 0.140. The molecule has 0 aromatic heterocycles. The van der Waals surface area contributed by atoms with Crippen molar-refractivity contribution in [3.63, 3.8) is 0 Å². The molecule has 0 fully saturated rings. The summed E-state index contributed by atoms with van der Waals surface area (Å²) in [5.74, 6) is 0.0136. The topological polar surface area (TPSA) is 76.0 Å². The van der Waals surface area contributed by atoms with Crippen molar-refractivity contribution in [2.75, 3.05) is 6.61 Å². The van der Waals surface area contributed by atoms with E-state index in [1.165, 1.54) is 0 Å². The van der Waals surface area contributed by atoms with E-state index in [1.54, 1.807) is 6.92 Å². The number of aromatic hydroxyl groups is 1. The maximum absolute atomic E-state index is 10.8. The Morgan fingerprint density at radius 3 is 2.25 bits per heavy atom. The summed E-state index contributed by atoms with van der Waals surface area (Å²) in [5, 5.41) is 18.9. The lowest BCUT2D eigenvalue weighted by Crippen LogP contribution is -2.09. The predicted molar refractivity (Wildman–Crippen MR) is 76.0 cm³/mol. The molecule has 20 heavy (non-hydrogen) atoms. The monoisotopic (exact) mass is 282 g/mol. The van der Waals surface area contributed by atoms with E-state index >= 15 is 0 Å². The molecule has 2 N–H and O–H groups in total. The van der Waals surface area contributed by atoms with Crippen molar-refractivity contribution in [1.82, 2.24) is 0 Å². The van der Waals surface area contributed by atoms with Gasteiger partial charge in [0.25, 0.3) is 0 Å². The van der Waals surface area contributed by atoms with E-state index in [-0.39, 0.29) is 11.5 Å². The highest BCUT2D eigenvalue weighted by Crippen LogP contribution is 2.44. The Labute approximate surface area is 119 Å². The molecule has 5 nitrogen and oxygen atoms in total. The Morgan fingerprint density at radius 2 is 1.70 bits per heavy atom. The minimum Gasteiger partial charge on any atom is -0.504 e. The first-order valence-electron chi connectivity index (χ1n) is 6.76. The zero-order chi connectivity index (χ0) is 15.3. The number of hydrogen-bond donors (Lipinski definition) is 2. The second kappa shape index (κ2) is 7.03. The number of phenols is 1. The number of hydrogen-bond acceptors (Lipinski definition) is 4. The summed E-state index contributed by atoms with van der Waals surface area (Å²) in [6, 6.07) is 0. The molecule has 0 heterocycles. The van der Waals surface area contributed by atoms with Crippen molar-refractivity contribution in [2.24, 2.45) is 0 Å². The first kappa shape index (κ1) is 16.1. The van der Waals surface area contributed by atoms with Crippen LogP contribution in [0.2, 0.25) is 0 Å². The fraction of sp³-hybridized carbons (Fsp3) is 0.533. The summed E-state index contributed by atoms with van der Waals surface area (Å²) >= 11 is 0. The lowest BCUT2D eigenvalue weighted by Gasteiger charge is -2.18. The van der Waals surface area contributed by atoms with Crippen molar-refractivity contribution in [1.29, 1.82) is 0 Å². The van der Waals surface area contributed by atoms with Gasteiger partial charge in [-0.2, -0.15) is 0 Å². The van der Waals surface area contributed by atoms with Crippen LogP contribution in [0.5, 0.6) is 17.2 Å². The van der Waals surface area contributed by atoms with Crippen LogP contribution in [-0.4, -0.2) is 23.0 Å². The van der Waals surface area contributed by atoms with Crippen LogP contribution < -0.4 is 9.47 Å². The third kappa shape index (κ3) is 3.56. The molecular weight excluding hydrogens is 260 g/mol. The van der Waals surface area contributed by atoms with Crippen LogP contribution in [-0.2, 0) is 0 Å². The van der Waals surface area contributed by atoms with Gasteiger partial charge in [0.05, 0.1) is 6.61 Å². The van der Waals surface area contributed by atoms with Crippen LogP contribution in [0.4, 0.5) is 4.79 Å². The molecule has 1 aromatic carbocycles. The summed E-state index contributed by atoms with van der Waals surface area (Å²) in [5.41, 5.74) is 2.25. The smallest absolute Gasteiger partial charge is 0.504 e. The predicted octanol–water partition coefficient (Wildman–Crippen LogP) is 3.94. The highest BCUT2D eigenvalue weighted by Gasteiger charge is 2.22. The second-order valence-electron chi connectivity index (χ2n) is 4.81. The van der Waals surface area contributed by atoms with Crippen molar-refractivity contribution in [2.45, 2.75) is 47.0 Å². The van der Waals surface area contributed by atoms with Gasteiger partial charge in [-0.05, 0) is 43.9 Å². The van der Waals surface area contributed by atoms with Crippen molar-refractivity contribution in [3.05, 3.63) is 16.7 Å². The standard InChI is InChI=1S/C15H22O5/c1-5-6-7-8-19-13-11(4)9(2)10(3)12(16)14(13)20-15(17)18/h16H,5-8H2,1-4H3,(H,17,18). The molecule has 112 valence electrons. The molecule has 0 aliphatic rings. The van der Waals surface area contributed by atoms with Crippen molar-refractivity contribution in [3.8, 4) is 17.2 Å².